The third-order valence-electron chi connectivity index (χ3n) is 3.66. The molecule has 20 heavy (non-hydrogen) atoms. The molecular weight excluding hydrogens is 268 g/mol. The second-order valence-electron chi connectivity index (χ2n) is 6.82. The summed E-state index contributed by atoms with van der Waals surface area (Å²) in [6.07, 6.45) is 1.28. The number of hydrogen-bond acceptors (Lipinski definition) is 4. The number of thiophene rings is 1. The minimum Gasteiger partial charge on any atom is -0.384 e. The van der Waals surface area contributed by atoms with Crippen LogP contribution in [0.3, 0.4) is 0 Å². The van der Waals surface area contributed by atoms with E-state index >= 15 is 0 Å². The standard InChI is InChI=1S/C16H28N2OS/c1-16(2,3)17-9-14-5-6-15(20-14)11-18-8-7-13(10-18)12-19-4/h5-6,13,17H,7-12H2,1-4H3. The van der Waals surface area contributed by atoms with Gasteiger partial charge in [-0.15, -0.1) is 11.3 Å². The van der Waals surface area contributed by atoms with E-state index in [-0.39, 0.29) is 5.54 Å². The van der Waals surface area contributed by atoms with E-state index in [0.29, 0.717) is 0 Å². The molecule has 1 saturated heterocycles. The van der Waals surface area contributed by atoms with E-state index in [9.17, 15) is 0 Å². The van der Waals surface area contributed by atoms with Crippen molar-refractivity contribution < 1.29 is 4.74 Å². The minimum atomic E-state index is 0.187. The van der Waals surface area contributed by atoms with E-state index in [2.05, 4.69) is 43.1 Å². The molecule has 1 fully saturated rings. The van der Waals surface area contributed by atoms with Crippen LogP contribution in [0.25, 0.3) is 0 Å². The Kier molecular flexibility index (Phi) is 5.61. The van der Waals surface area contributed by atoms with Gasteiger partial charge in [-0.2, -0.15) is 0 Å². The van der Waals surface area contributed by atoms with E-state index in [4.69, 9.17) is 4.74 Å². The fourth-order valence-electron chi connectivity index (χ4n) is 2.60. The molecule has 0 aliphatic carbocycles. The Morgan fingerprint density at radius 1 is 1.35 bits per heavy atom. The van der Waals surface area contributed by atoms with Gasteiger partial charge in [0.05, 0.1) is 6.61 Å². The van der Waals surface area contributed by atoms with Gasteiger partial charge in [-0.1, -0.05) is 0 Å². The van der Waals surface area contributed by atoms with Gasteiger partial charge in [0.15, 0.2) is 0 Å². The molecule has 0 spiro atoms. The van der Waals surface area contributed by atoms with Crippen LogP contribution in [0.15, 0.2) is 12.1 Å². The highest BCUT2D eigenvalue weighted by Gasteiger charge is 2.22. The average Bonchev–Trinajstić information content (AvgIpc) is 2.97. The summed E-state index contributed by atoms with van der Waals surface area (Å²) in [5, 5.41) is 3.55. The summed E-state index contributed by atoms with van der Waals surface area (Å²) in [6.45, 7) is 12.0. The number of rotatable bonds is 6. The molecule has 1 aromatic rings. The molecule has 0 bridgehead atoms. The maximum atomic E-state index is 5.26. The van der Waals surface area contributed by atoms with Gasteiger partial charge >= 0.3 is 0 Å². The zero-order chi connectivity index (χ0) is 14.6. The molecule has 3 nitrogen and oxygen atoms in total. The van der Waals surface area contributed by atoms with Crippen molar-refractivity contribution >= 4 is 11.3 Å². The van der Waals surface area contributed by atoms with Crippen LogP contribution < -0.4 is 5.32 Å². The number of nitrogens with one attached hydrogen (secondary N) is 1. The lowest BCUT2D eigenvalue weighted by atomic mass is 10.1. The molecule has 2 heterocycles. The highest BCUT2D eigenvalue weighted by molar-refractivity contribution is 7.11. The highest BCUT2D eigenvalue weighted by atomic mass is 32.1. The van der Waals surface area contributed by atoms with Gasteiger partial charge in [0.25, 0.3) is 0 Å². The zero-order valence-corrected chi connectivity index (χ0v) is 14.1. The largest absolute Gasteiger partial charge is 0.384 e. The Labute approximate surface area is 127 Å². The lowest BCUT2D eigenvalue weighted by Crippen LogP contribution is -2.34. The summed E-state index contributed by atoms with van der Waals surface area (Å²) in [5.74, 6) is 0.724. The summed E-state index contributed by atoms with van der Waals surface area (Å²) >= 11 is 1.94. The molecule has 0 amide bonds. The van der Waals surface area contributed by atoms with Crippen LogP contribution >= 0.6 is 11.3 Å². The summed E-state index contributed by atoms with van der Waals surface area (Å²) in [5.41, 5.74) is 0.187. The molecule has 1 N–H and O–H groups in total. The van der Waals surface area contributed by atoms with Gasteiger partial charge in [-0.25, -0.2) is 0 Å². The molecule has 0 radical (unpaired) electrons. The maximum absolute atomic E-state index is 5.26. The lowest BCUT2D eigenvalue weighted by Gasteiger charge is -2.19. The number of likely N-dealkylation sites (tertiary alicyclic amines) is 1. The van der Waals surface area contributed by atoms with Crippen LogP contribution in [0.5, 0.6) is 0 Å². The number of methoxy groups -OCH3 is 1. The zero-order valence-electron chi connectivity index (χ0n) is 13.2. The van der Waals surface area contributed by atoms with Crippen molar-refractivity contribution in [2.45, 2.75) is 45.8 Å². The van der Waals surface area contributed by atoms with Gasteiger partial charge in [0.2, 0.25) is 0 Å². The smallest absolute Gasteiger partial charge is 0.0503 e. The van der Waals surface area contributed by atoms with E-state index < -0.39 is 0 Å². The molecule has 4 heteroatoms. The van der Waals surface area contributed by atoms with Crippen molar-refractivity contribution in [2.24, 2.45) is 5.92 Å². The van der Waals surface area contributed by atoms with Crippen molar-refractivity contribution in [3.8, 4) is 0 Å². The Balaban J connectivity index is 1.78. The first-order chi connectivity index (χ1) is 9.46. The van der Waals surface area contributed by atoms with Gasteiger partial charge in [0, 0.05) is 42.0 Å². The molecule has 0 aromatic carbocycles. The molecule has 1 aliphatic rings. The second-order valence-corrected chi connectivity index (χ2v) is 8.07. The SMILES string of the molecule is COCC1CCN(Cc2ccc(CNC(C)(C)C)s2)C1. The van der Waals surface area contributed by atoms with E-state index in [1.54, 1.807) is 7.11 Å². The fraction of sp³-hybridized carbons (Fsp3) is 0.750. The molecule has 1 aromatic heterocycles. The third kappa shape index (κ3) is 5.17. The van der Waals surface area contributed by atoms with E-state index in [1.165, 1.54) is 29.3 Å². The van der Waals surface area contributed by atoms with Crippen molar-refractivity contribution in [3.05, 3.63) is 21.9 Å². The third-order valence-corrected chi connectivity index (χ3v) is 4.73. The number of hydrogen-bond donors (Lipinski definition) is 1. The summed E-state index contributed by atoms with van der Waals surface area (Å²) in [4.78, 5) is 5.47. The Bertz CT molecular complexity index is 411. The number of ether oxygens (including phenoxy) is 1. The Morgan fingerprint density at radius 3 is 2.80 bits per heavy atom. The average molecular weight is 296 g/mol. The van der Waals surface area contributed by atoms with Gasteiger partial charge in [-0.05, 0) is 51.8 Å². The van der Waals surface area contributed by atoms with Crippen LogP contribution in [-0.2, 0) is 17.8 Å². The van der Waals surface area contributed by atoms with Crippen molar-refractivity contribution in [1.82, 2.24) is 10.2 Å². The minimum absolute atomic E-state index is 0.187. The Hall–Kier alpha value is -0.420. The highest BCUT2D eigenvalue weighted by Crippen LogP contribution is 2.23. The maximum Gasteiger partial charge on any atom is 0.0503 e. The van der Waals surface area contributed by atoms with Gasteiger partial charge < -0.3 is 10.1 Å². The van der Waals surface area contributed by atoms with E-state index in [0.717, 1.165) is 25.6 Å². The summed E-state index contributed by atoms with van der Waals surface area (Å²) < 4.78 is 5.26. The van der Waals surface area contributed by atoms with Crippen LogP contribution in [0, 0.1) is 5.92 Å². The molecule has 114 valence electrons. The molecule has 1 atom stereocenters. The van der Waals surface area contributed by atoms with Crippen LogP contribution in [0.1, 0.15) is 36.9 Å². The quantitative estimate of drug-likeness (QED) is 0.873. The van der Waals surface area contributed by atoms with Crippen molar-refractivity contribution in [1.29, 1.82) is 0 Å². The molecule has 1 aliphatic heterocycles. The first kappa shape index (κ1) is 16.0. The lowest BCUT2D eigenvalue weighted by molar-refractivity contribution is 0.153. The van der Waals surface area contributed by atoms with Crippen LogP contribution in [0.2, 0.25) is 0 Å². The first-order valence-corrected chi connectivity index (χ1v) is 8.32. The van der Waals surface area contributed by atoms with Crippen molar-refractivity contribution in [3.63, 3.8) is 0 Å². The normalized spacial score (nSPS) is 20.7. The van der Waals surface area contributed by atoms with E-state index in [1.807, 2.05) is 11.3 Å². The predicted molar refractivity (Wildman–Crippen MR) is 86.2 cm³/mol. The molecule has 1 unspecified atom stereocenters. The van der Waals surface area contributed by atoms with Gasteiger partial charge in [0.1, 0.15) is 0 Å². The molecule has 0 saturated carbocycles. The van der Waals surface area contributed by atoms with Crippen molar-refractivity contribution in [2.75, 3.05) is 26.8 Å². The Morgan fingerprint density at radius 2 is 2.10 bits per heavy atom. The predicted octanol–water partition coefficient (Wildman–Crippen LogP) is 3.10. The first-order valence-electron chi connectivity index (χ1n) is 7.50. The summed E-state index contributed by atoms with van der Waals surface area (Å²) in [7, 11) is 1.80. The molecule has 2 rings (SSSR count). The summed E-state index contributed by atoms with van der Waals surface area (Å²) in [6, 6.07) is 4.55. The second kappa shape index (κ2) is 7.03. The van der Waals surface area contributed by atoms with Crippen LogP contribution in [-0.4, -0.2) is 37.2 Å². The monoisotopic (exact) mass is 296 g/mol. The number of nitrogens with zero attached hydrogens (tertiary/aromatic N) is 1. The molecular formula is C16H28N2OS. The van der Waals surface area contributed by atoms with Crippen LogP contribution in [0.4, 0.5) is 0 Å². The fourth-order valence-corrected chi connectivity index (χ4v) is 3.60. The topological polar surface area (TPSA) is 24.5 Å². The van der Waals surface area contributed by atoms with Gasteiger partial charge in [-0.3, -0.25) is 4.90 Å².